The molecule has 1 aromatic heterocycles. The zero-order valence-electron chi connectivity index (χ0n) is 11.1. The molecule has 1 amide bonds. The number of para-hydroxylation sites is 1. The zero-order chi connectivity index (χ0) is 14.2. The van der Waals surface area contributed by atoms with E-state index in [4.69, 9.17) is 4.74 Å². The highest BCUT2D eigenvalue weighted by molar-refractivity contribution is 5.82. The highest BCUT2D eigenvalue weighted by Gasteiger charge is 2.02. The number of nitrogens with zero attached hydrogens (tertiary/aromatic N) is 2. The first-order valence-electron chi connectivity index (χ1n) is 6.16. The standard InChI is InChI=1S/C15H15N3O2/c1-12-5-2-3-7-14(12)20-11-15(19)18-17-10-13-6-4-8-16-9-13/h2-10H,11H2,1H3,(H,18,19). The van der Waals surface area contributed by atoms with E-state index < -0.39 is 0 Å². The van der Waals surface area contributed by atoms with Crippen LogP contribution in [0.2, 0.25) is 0 Å². The van der Waals surface area contributed by atoms with Crippen LogP contribution in [0.25, 0.3) is 0 Å². The van der Waals surface area contributed by atoms with Gasteiger partial charge in [-0.15, -0.1) is 0 Å². The van der Waals surface area contributed by atoms with Gasteiger partial charge in [-0.3, -0.25) is 9.78 Å². The van der Waals surface area contributed by atoms with Gasteiger partial charge in [-0.05, 0) is 24.6 Å². The minimum absolute atomic E-state index is 0.0742. The van der Waals surface area contributed by atoms with E-state index in [2.05, 4.69) is 15.5 Å². The molecule has 5 heteroatoms. The number of aryl methyl sites for hydroxylation is 1. The molecule has 0 atom stereocenters. The summed E-state index contributed by atoms with van der Waals surface area (Å²) in [6, 6.07) is 11.2. The number of benzene rings is 1. The monoisotopic (exact) mass is 269 g/mol. The maximum Gasteiger partial charge on any atom is 0.277 e. The summed E-state index contributed by atoms with van der Waals surface area (Å²) in [6.45, 7) is 1.85. The Morgan fingerprint density at radius 2 is 2.20 bits per heavy atom. The van der Waals surface area contributed by atoms with Gasteiger partial charge < -0.3 is 4.74 Å². The predicted octanol–water partition coefficient (Wildman–Crippen LogP) is 1.92. The molecule has 0 radical (unpaired) electrons. The van der Waals surface area contributed by atoms with Crippen molar-refractivity contribution < 1.29 is 9.53 Å². The number of hydrogen-bond acceptors (Lipinski definition) is 4. The number of amides is 1. The molecule has 1 heterocycles. The van der Waals surface area contributed by atoms with Gasteiger partial charge in [0.25, 0.3) is 5.91 Å². The number of carbonyl (C=O) groups excluding carboxylic acids is 1. The quantitative estimate of drug-likeness (QED) is 0.666. The van der Waals surface area contributed by atoms with Crippen LogP contribution in [0.4, 0.5) is 0 Å². The number of nitrogens with one attached hydrogen (secondary N) is 1. The number of pyridine rings is 1. The molecule has 0 aliphatic heterocycles. The average molecular weight is 269 g/mol. The van der Waals surface area contributed by atoms with E-state index in [1.54, 1.807) is 18.5 Å². The van der Waals surface area contributed by atoms with Gasteiger partial charge in [0.1, 0.15) is 5.75 Å². The summed E-state index contributed by atoms with van der Waals surface area (Å²) in [5.74, 6) is 0.382. The van der Waals surface area contributed by atoms with E-state index in [0.717, 1.165) is 11.1 Å². The van der Waals surface area contributed by atoms with Crippen molar-refractivity contribution in [2.45, 2.75) is 6.92 Å². The number of ether oxygens (including phenoxy) is 1. The van der Waals surface area contributed by atoms with Crippen LogP contribution in [0.15, 0.2) is 53.9 Å². The third kappa shape index (κ3) is 4.20. The van der Waals surface area contributed by atoms with Gasteiger partial charge >= 0.3 is 0 Å². The Labute approximate surface area is 117 Å². The van der Waals surface area contributed by atoms with Crippen LogP contribution in [0.5, 0.6) is 5.75 Å². The number of rotatable bonds is 5. The molecule has 2 rings (SSSR count). The maximum absolute atomic E-state index is 11.6. The summed E-state index contributed by atoms with van der Waals surface area (Å²) in [4.78, 5) is 15.5. The molecule has 0 saturated carbocycles. The zero-order valence-corrected chi connectivity index (χ0v) is 11.1. The van der Waals surface area contributed by atoms with Gasteiger partial charge in [0.2, 0.25) is 0 Å². The summed E-state index contributed by atoms with van der Waals surface area (Å²) in [6.07, 6.45) is 4.85. The van der Waals surface area contributed by atoms with Gasteiger partial charge in [-0.1, -0.05) is 24.3 Å². The molecule has 0 saturated heterocycles. The fraction of sp³-hybridized carbons (Fsp3) is 0.133. The smallest absolute Gasteiger partial charge is 0.277 e. The van der Waals surface area contributed by atoms with Crippen molar-refractivity contribution in [2.24, 2.45) is 5.10 Å². The van der Waals surface area contributed by atoms with E-state index in [1.165, 1.54) is 6.21 Å². The van der Waals surface area contributed by atoms with Crippen molar-refractivity contribution >= 4 is 12.1 Å². The van der Waals surface area contributed by atoms with Crippen LogP contribution < -0.4 is 10.2 Å². The molecule has 0 spiro atoms. The molecular weight excluding hydrogens is 254 g/mol. The lowest BCUT2D eigenvalue weighted by atomic mass is 10.2. The highest BCUT2D eigenvalue weighted by atomic mass is 16.5. The first-order chi connectivity index (χ1) is 9.75. The average Bonchev–Trinajstić information content (AvgIpc) is 2.47. The van der Waals surface area contributed by atoms with Crippen LogP contribution in [-0.4, -0.2) is 23.7 Å². The van der Waals surface area contributed by atoms with Gasteiger partial charge in [0.15, 0.2) is 6.61 Å². The van der Waals surface area contributed by atoms with E-state index in [9.17, 15) is 4.79 Å². The lowest BCUT2D eigenvalue weighted by Crippen LogP contribution is -2.24. The van der Waals surface area contributed by atoms with E-state index in [1.807, 2.05) is 37.3 Å². The topological polar surface area (TPSA) is 63.6 Å². The Morgan fingerprint density at radius 3 is 2.95 bits per heavy atom. The molecular formula is C15H15N3O2. The predicted molar refractivity (Wildman–Crippen MR) is 76.6 cm³/mol. The Bertz CT molecular complexity index is 597. The highest BCUT2D eigenvalue weighted by Crippen LogP contribution is 2.15. The summed E-state index contributed by atoms with van der Waals surface area (Å²) in [7, 11) is 0. The van der Waals surface area contributed by atoms with Crippen molar-refractivity contribution in [1.82, 2.24) is 10.4 Å². The van der Waals surface area contributed by atoms with Crippen LogP contribution >= 0.6 is 0 Å². The first-order valence-corrected chi connectivity index (χ1v) is 6.16. The fourth-order valence-corrected chi connectivity index (χ4v) is 1.53. The first kappa shape index (κ1) is 13.7. The largest absolute Gasteiger partial charge is 0.483 e. The van der Waals surface area contributed by atoms with Gasteiger partial charge in [0, 0.05) is 18.0 Å². The summed E-state index contributed by atoms with van der Waals surface area (Å²) < 4.78 is 5.40. The number of carbonyl (C=O) groups is 1. The molecule has 102 valence electrons. The number of aromatic nitrogens is 1. The molecule has 5 nitrogen and oxygen atoms in total. The summed E-state index contributed by atoms with van der Waals surface area (Å²) >= 11 is 0. The minimum Gasteiger partial charge on any atom is -0.483 e. The molecule has 1 aromatic carbocycles. The van der Waals surface area contributed by atoms with Crippen molar-refractivity contribution in [3.63, 3.8) is 0 Å². The Balaban J connectivity index is 1.79. The Kier molecular flexibility index (Phi) is 4.83. The Morgan fingerprint density at radius 1 is 1.35 bits per heavy atom. The third-order valence-corrected chi connectivity index (χ3v) is 2.54. The summed E-state index contributed by atoms with van der Waals surface area (Å²) in [5.41, 5.74) is 4.20. The normalized spacial score (nSPS) is 10.4. The van der Waals surface area contributed by atoms with Gasteiger partial charge in [-0.2, -0.15) is 5.10 Å². The molecule has 0 bridgehead atoms. The lowest BCUT2D eigenvalue weighted by Gasteiger charge is -2.07. The van der Waals surface area contributed by atoms with Crippen LogP contribution in [-0.2, 0) is 4.79 Å². The second-order valence-corrected chi connectivity index (χ2v) is 4.13. The Hall–Kier alpha value is -2.69. The second kappa shape index (κ2) is 7.04. The van der Waals surface area contributed by atoms with Crippen molar-refractivity contribution in [3.8, 4) is 5.75 Å². The molecule has 0 aliphatic rings. The molecule has 2 aromatic rings. The third-order valence-electron chi connectivity index (χ3n) is 2.54. The van der Waals surface area contributed by atoms with Crippen LogP contribution in [0.1, 0.15) is 11.1 Å². The lowest BCUT2D eigenvalue weighted by molar-refractivity contribution is -0.123. The molecule has 0 aliphatic carbocycles. The van der Waals surface area contributed by atoms with Crippen molar-refractivity contribution in [1.29, 1.82) is 0 Å². The van der Waals surface area contributed by atoms with E-state index in [0.29, 0.717) is 5.75 Å². The van der Waals surface area contributed by atoms with Gasteiger partial charge in [0.05, 0.1) is 6.21 Å². The minimum atomic E-state index is -0.312. The van der Waals surface area contributed by atoms with Crippen molar-refractivity contribution in [2.75, 3.05) is 6.61 Å². The van der Waals surface area contributed by atoms with Crippen LogP contribution in [0.3, 0.4) is 0 Å². The molecule has 0 fully saturated rings. The number of hydrazone groups is 1. The van der Waals surface area contributed by atoms with Gasteiger partial charge in [-0.25, -0.2) is 5.43 Å². The van der Waals surface area contributed by atoms with Crippen molar-refractivity contribution in [3.05, 3.63) is 59.9 Å². The summed E-state index contributed by atoms with van der Waals surface area (Å²) in [5, 5.41) is 3.83. The van der Waals surface area contributed by atoms with E-state index in [-0.39, 0.29) is 12.5 Å². The molecule has 1 N–H and O–H groups in total. The SMILES string of the molecule is Cc1ccccc1OCC(=O)NN=Cc1cccnc1. The molecule has 20 heavy (non-hydrogen) atoms. The van der Waals surface area contributed by atoms with E-state index >= 15 is 0 Å². The second-order valence-electron chi connectivity index (χ2n) is 4.13. The number of hydrogen-bond donors (Lipinski definition) is 1. The van der Waals surface area contributed by atoms with Crippen LogP contribution in [0, 0.1) is 6.92 Å². The molecule has 0 unspecified atom stereocenters. The fourth-order valence-electron chi connectivity index (χ4n) is 1.53. The maximum atomic E-state index is 11.6.